The molecule has 1 aromatic carbocycles. The molecule has 0 saturated carbocycles. The molecule has 2 rings (SSSR count). The second-order valence-electron chi connectivity index (χ2n) is 4.22. The third kappa shape index (κ3) is 3.12. The average Bonchev–Trinajstić information content (AvgIpc) is 2.35. The van der Waals surface area contributed by atoms with Crippen LogP contribution < -0.4 is 5.32 Å². The van der Waals surface area contributed by atoms with Crippen LogP contribution in [0.5, 0.6) is 0 Å². The molecule has 0 bridgehead atoms. The van der Waals surface area contributed by atoms with Crippen molar-refractivity contribution in [1.82, 2.24) is 10.2 Å². The molecule has 0 radical (unpaired) electrons. The molecule has 1 N–H and O–H groups in total. The molecule has 2 nitrogen and oxygen atoms in total. The Morgan fingerprint density at radius 2 is 1.78 bits per heavy atom. The fraction of sp³-hybridized carbons (Fsp3) is 0.500. The van der Waals surface area contributed by atoms with Crippen LogP contribution in [-0.2, 0) is 0 Å². The first-order chi connectivity index (χ1) is 8.11. The minimum absolute atomic E-state index is 0. The van der Waals surface area contributed by atoms with Crippen molar-refractivity contribution in [2.45, 2.75) is 13.0 Å². The lowest BCUT2D eigenvalue weighted by Crippen LogP contribution is -2.44. The van der Waals surface area contributed by atoms with Gasteiger partial charge in [-0.15, -0.1) is 12.4 Å². The maximum atomic E-state index is 13.7. The Kier molecular flexibility index (Phi) is 5.79. The normalized spacial score (nSPS) is 18.2. The first-order valence-electron chi connectivity index (χ1n) is 5.69. The van der Waals surface area contributed by atoms with E-state index in [2.05, 4.69) is 10.2 Å². The summed E-state index contributed by atoms with van der Waals surface area (Å²) >= 11 is 5.86. The molecule has 1 heterocycles. The van der Waals surface area contributed by atoms with Crippen LogP contribution in [0.2, 0.25) is 5.02 Å². The standard InChI is InChI=1S/C12H15ClF2N2.ClH/c1-8(17-6-4-16-5-7-17)11-9(14)2-3-10(15)12(11)13;/h2-3,8,16H,4-7H2,1H3;1H/t8-;/m0./s1. The van der Waals surface area contributed by atoms with Crippen molar-refractivity contribution in [3.05, 3.63) is 34.4 Å². The van der Waals surface area contributed by atoms with Crippen molar-refractivity contribution in [2.24, 2.45) is 0 Å². The van der Waals surface area contributed by atoms with E-state index in [0.717, 1.165) is 38.3 Å². The molecule has 1 aliphatic heterocycles. The molecular formula is C12H16Cl2F2N2. The van der Waals surface area contributed by atoms with E-state index in [1.807, 2.05) is 6.92 Å². The van der Waals surface area contributed by atoms with Crippen LogP contribution in [0.25, 0.3) is 0 Å². The Bertz CT molecular complexity index is 409. The van der Waals surface area contributed by atoms with Gasteiger partial charge in [-0.1, -0.05) is 11.6 Å². The lowest BCUT2D eigenvalue weighted by molar-refractivity contribution is 0.182. The molecule has 0 spiro atoms. The Hall–Kier alpha value is -0.420. The minimum atomic E-state index is -0.565. The molecule has 1 aliphatic rings. The number of nitrogens with zero attached hydrogens (tertiary/aromatic N) is 1. The molecule has 0 unspecified atom stereocenters. The minimum Gasteiger partial charge on any atom is -0.314 e. The van der Waals surface area contributed by atoms with Crippen LogP contribution in [0.15, 0.2) is 12.1 Å². The highest BCUT2D eigenvalue weighted by molar-refractivity contribution is 6.31. The van der Waals surface area contributed by atoms with Crippen molar-refractivity contribution in [3.8, 4) is 0 Å². The molecule has 18 heavy (non-hydrogen) atoms. The maximum Gasteiger partial charge on any atom is 0.142 e. The first kappa shape index (κ1) is 15.6. The van der Waals surface area contributed by atoms with E-state index in [0.29, 0.717) is 0 Å². The molecule has 1 aromatic rings. The van der Waals surface area contributed by atoms with E-state index in [9.17, 15) is 8.78 Å². The summed E-state index contributed by atoms with van der Waals surface area (Å²) in [5.74, 6) is -1.01. The van der Waals surface area contributed by atoms with E-state index < -0.39 is 11.6 Å². The summed E-state index contributed by atoms with van der Waals surface area (Å²) < 4.78 is 27.1. The monoisotopic (exact) mass is 296 g/mol. The highest BCUT2D eigenvalue weighted by Gasteiger charge is 2.24. The van der Waals surface area contributed by atoms with Gasteiger partial charge in [0.1, 0.15) is 11.6 Å². The van der Waals surface area contributed by atoms with Crippen LogP contribution in [0.4, 0.5) is 8.78 Å². The van der Waals surface area contributed by atoms with Gasteiger partial charge >= 0.3 is 0 Å². The fourth-order valence-electron chi connectivity index (χ4n) is 2.18. The van der Waals surface area contributed by atoms with E-state index >= 15 is 0 Å². The Labute approximate surface area is 117 Å². The molecule has 1 saturated heterocycles. The average molecular weight is 297 g/mol. The summed E-state index contributed by atoms with van der Waals surface area (Å²) in [6, 6.07) is 1.99. The molecule has 0 amide bonds. The SMILES string of the molecule is C[C@@H](c1c(F)ccc(F)c1Cl)N1CCNCC1.Cl. The summed E-state index contributed by atoms with van der Waals surface area (Å²) in [7, 11) is 0. The number of hydrogen-bond acceptors (Lipinski definition) is 2. The summed E-state index contributed by atoms with van der Waals surface area (Å²) in [6.07, 6.45) is 0. The Balaban J connectivity index is 0.00000162. The third-order valence-corrected chi connectivity index (χ3v) is 3.58. The summed E-state index contributed by atoms with van der Waals surface area (Å²) in [6.45, 7) is 5.20. The maximum absolute atomic E-state index is 13.7. The van der Waals surface area contributed by atoms with E-state index in [1.165, 1.54) is 0 Å². The molecule has 1 atom stereocenters. The Morgan fingerprint density at radius 1 is 1.22 bits per heavy atom. The van der Waals surface area contributed by atoms with E-state index in [-0.39, 0.29) is 29.0 Å². The van der Waals surface area contributed by atoms with Gasteiger partial charge in [-0.25, -0.2) is 8.78 Å². The zero-order chi connectivity index (χ0) is 12.4. The zero-order valence-corrected chi connectivity index (χ0v) is 11.6. The van der Waals surface area contributed by atoms with Crippen LogP contribution in [0.1, 0.15) is 18.5 Å². The van der Waals surface area contributed by atoms with Crippen LogP contribution in [-0.4, -0.2) is 31.1 Å². The largest absolute Gasteiger partial charge is 0.314 e. The highest BCUT2D eigenvalue weighted by Crippen LogP contribution is 2.31. The van der Waals surface area contributed by atoms with Gasteiger partial charge in [0.25, 0.3) is 0 Å². The predicted octanol–water partition coefficient (Wildman–Crippen LogP) is 3.01. The van der Waals surface area contributed by atoms with Crippen molar-refractivity contribution in [2.75, 3.05) is 26.2 Å². The number of halogens is 4. The third-order valence-electron chi connectivity index (χ3n) is 3.20. The van der Waals surface area contributed by atoms with Crippen molar-refractivity contribution < 1.29 is 8.78 Å². The predicted molar refractivity (Wildman–Crippen MR) is 71.5 cm³/mol. The van der Waals surface area contributed by atoms with Crippen LogP contribution in [0, 0.1) is 11.6 Å². The smallest absolute Gasteiger partial charge is 0.142 e. The van der Waals surface area contributed by atoms with Crippen molar-refractivity contribution in [3.63, 3.8) is 0 Å². The van der Waals surface area contributed by atoms with Crippen LogP contribution >= 0.6 is 24.0 Å². The second-order valence-corrected chi connectivity index (χ2v) is 4.60. The molecule has 102 valence electrons. The van der Waals surface area contributed by atoms with Gasteiger partial charge in [-0.2, -0.15) is 0 Å². The van der Waals surface area contributed by atoms with Gasteiger partial charge in [0.05, 0.1) is 5.02 Å². The van der Waals surface area contributed by atoms with Crippen molar-refractivity contribution >= 4 is 24.0 Å². The van der Waals surface area contributed by atoms with Gasteiger partial charge in [-0.05, 0) is 19.1 Å². The van der Waals surface area contributed by atoms with Crippen molar-refractivity contribution in [1.29, 1.82) is 0 Å². The topological polar surface area (TPSA) is 15.3 Å². The van der Waals surface area contributed by atoms with Gasteiger partial charge < -0.3 is 5.32 Å². The van der Waals surface area contributed by atoms with E-state index in [1.54, 1.807) is 0 Å². The highest BCUT2D eigenvalue weighted by atomic mass is 35.5. The summed E-state index contributed by atoms with van der Waals surface area (Å²) in [4.78, 5) is 2.10. The lowest BCUT2D eigenvalue weighted by Gasteiger charge is -2.33. The number of hydrogen-bond donors (Lipinski definition) is 1. The molecular weight excluding hydrogens is 281 g/mol. The van der Waals surface area contributed by atoms with Gasteiger partial charge in [0, 0.05) is 37.8 Å². The molecule has 0 aromatic heterocycles. The van der Waals surface area contributed by atoms with Gasteiger partial charge in [0.15, 0.2) is 0 Å². The number of rotatable bonds is 2. The molecule has 6 heteroatoms. The summed E-state index contributed by atoms with van der Waals surface area (Å²) in [5, 5.41) is 3.12. The van der Waals surface area contributed by atoms with Crippen LogP contribution in [0.3, 0.4) is 0 Å². The second kappa shape index (κ2) is 6.66. The Morgan fingerprint density at radius 3 is 2.39 bits per heavy atom. The number of benzene rings is 1. The van der Waals surface area contributed by atoms with Gasteiger partial charge in [0.2, 0.25) is 0 Å². The lowest BCUT2D eigenvalue weighted by atomic mass is 10.1. The molecule has 0 aliphatic carbocycles. The first-order valence-corrected chi connectivity index (χ1v) is 6.07. The van der Waals surface area contributed by atoms with E-state index in [4.69, 9.17) is 11.6 Å². The number of nitrogens with one attached hydrogen (secondary N) is 1. The fourth-order valence-corrected chi connectivity index (χ4v) is 2.49. The number of piperazine rings is 1. The molecule has 1 fully saturated rings. The van der Waals surface area contributed by atoms with Gasteiger partial charge in [-0.3, -0.25) is 4.90 Å². The zero-order valence-electron chi connectivity index (χ0n) is 10.0. The quantitative estimate of drug-likeness (QED) is 0.844. The summed E-state index contributed by atoms with van der Waals surface area (Å²) in [5.41, 5.74) is 0.258.